The molecule has 108 valence electrons. The highest BCUT2D eigenvalue weighted by Gasteiger charge is 2.27. The fourth-order valence-corrected chi connectivity index (χ4v) is 3.71. The van der Waals surface area contributed by atoms with Crippen molar-refractivity contribution in [2.45, 2.75) is 17.7 Å². The minimum Gasteiger partial charge on any atom is -0.317 e. The molecule has 1 saturated heterocycles. The van der Waals surface area contributed by atoms with Crippen LogP contribution in [0.1, 0.15) is 18.5 Å². The Morgan fingerprint density at radius 1 is 1.50 bits per heavy atom. The van der Waals surface area contributed by atoms with E-state index < -0.39 is 10.0 Å². The summed E-state index contributed by atoms with van der Waals surface area (Å²) in [6, 6.07) is 4.80. The molecule has 20 heavy (non-hydrogen) atoms. The van der Waals surface area contributed by atoms with E-state index in [0.29, 0.717) is 12.5 Å². The Morgan fingerprint density at radius 2 is 2.20 bits per heavy atom. The lowest BCUT2D eigenvalue weighted by Gasteiger charge is -2.27. The van der Waals surface area contributed by atoms with Gasteiger partial charge in [0.2, 0.25) is 10.0 Å². The summed E-state index contributed by atoms with van der Waals surface area (Å²) < 4.78 is 26.3. The zero-order valence-electron chi connectivity index (χ0n) is 11.4. The number of aromatic nitrogens is 1. The molecule has 0 saturated carbocycles. The van der Waals surface area contributed by atoms with Gasteiger partial charge in [0.15, 0.2) is 5.69 Å². The smallest absolute Gasteiger partial charge is 0.245 e. The Hall–Kier alpha value is -1.49. The molecule has 1 aliphatic rings. The molecule has 0 aliphatic carbocycles. The molecule has 1 fully saturated rings. The zero-order valence-corrected chi connectivity index (χ0v) is 12.2. The molecule has 6 nitrogen and oxygen atoms in total. The van der Waals surface area contributed by atoms with Crippen molar-refractivity contribution in [3.63, 3.8) is 0 Å². The molecule has 0 atom stereocenters. The Labute approximate surface area is 119 Å². The molecule has 1 aromatic heterocycles. The van der Waals surface area contributed by atoms with Gasteiger partial charge in [0, 0.05) is 19.8 Å². The van der Waals surface area contributed by atoms with Gasteiger partial charge in [0.05, 0.1) is 0 Å². The summed E-state index contributed by atoms with van der Waals surface area (Å²) in [5, 5.41) is 12.2. The number of sulfonamides is 1. The van der Waals surface area contributed by atoms with Crippen molar-refractivity contribution in [2.24, 2.45) is 5.92 Å². The zero-order chi connectivity index (χ0) is 14.6. The summed E-state index contributed by atoms with van der Waals surface area (Å²) in [5.74, 6) is 0.359. The molecule has 1 aromatic rings. The molecule has 2 heterocycles. The number of nitrogens with zero attached hydrogens (tertiary/aromatic N) is 3. The highest BCUT2D eigenvalue weighted by atomic mass is 32.2. The maximum absolute atomic E-state index is 12.5. The third-order valence-electron chi connectivity index (χ3n) is 3.54. The fourth-order valence-electron chi connectivity index (χ4n) is 2.38. The summed E-state index contributed by atoms with van der Waals surface area (Å²) in [7, 11) is -2.09. The molecule has 0 unspecified atom stereocenters. The third kappa shape index (κ3) is 3.15. The van der Waals surface area contributed by atoms with Gasteiger partial charge in [-0.25, -0.2) is 17.7 Å². The first-order valence-corrected chi connectivity index (χ1v) is 8.02. The normalized spacial score (nSPS) is 17.1. The van der Waals surface area contributed by atoms with Gasteiger partial charge in [0.25, 0.3) is 0 Å². The Kier molecular flexibility index (Phi) is 4.70. The topological polar surface area (TPSA) is 86.1 Å². The summed E-state index contributed by atoms with van der Waals surface area (Å²) in [6.45, 7) is 2.33. The average molecular weight is 294 g/mol. The van der Waals surface area contributed by atoms with Crippen LogP contribution in [0.4, 0.5) is 0 Å². The summed E-state index contributed by atoms with van der Waals surface area (Å²) in [5.41, 5.74) is -0.0512. The quantitative estimate of drug-likeness (QED) is 0.877. The molecule has 0 radical (unpaired) electrons. The van der Waals surface area contributed by atoms with E-state index in [9.17, 15) is 8.42 Å². The van der Waals surface area contributed by atoms with Crippen LogP contribution >= 0.6 is 0 Å². The van der Waals surface area contributed by atoms with Crippen LogP contribution in [0.25, 0.3) is 0 Å². The number of piperidine rings is 1. The molecule has 7 heteroatoms. The second kappa shape index (κ2) is 6.31. The van der Waals surface area contributed by atoms with E-state index in [-0.39, 0.29) is 10.6 Å². The van der Waals surface area contributed by atoms with Crippen LogP contribution in [-0.4, -0.2) is 44.4 Å². The molecule has 1 N–H and O–H groups in total. The van der Waals surface area contributed by atoms with E-state index in [2.05, 4.69) is 10.3 Å². The lowest BCUT2D eigenvalue weighted by molar-refractivity contribution is 0.311. The highest BCUT2D eigenvalue weighted by Crippen LogP contribution is 2.20. The SMILES string of the molecule is CN(CC1CCNCC1)S(=O)(=O)c1cccnc1C#N. The van der Waals surface area contributed by atoms with Crippen molar-refractivity contribution in [3.8, 4) is 6.07 Å². The van der Waals surface area contributed by atoms with Crippen LogP contribution < -0.4 is 5.32 Å². The van der Waals surface area contributed by atoms with Gasteiger partial charge < -0.3 is 5.32 Å². The van der Waals surface area contributed by atoms with Gasteiger partial charge in [-0.2, -0.15) is 5.26 Å². The third-order valence-corrected chi connectivity index (χ3v) is 5.39. The minimum absolute atomic E-state index is 0.0149. The molecule has 2 rings (SSSR count). The van der Waals surface area contributed by atoms with Crippen LogP contribution in [-0.2, 0) is 10.0 Å². The number of rotatable bonds is 4. The van der Waals surface area contributed by atoms with Gasteiger partial charge in [-0.15, -0.1) is 0 Å². The molecule has 0 amide bonds. The van der Waals surface area contributed by atoms with E-state index in [1.165, 1.54) is 22.6 Å². The van der Waals surface area contributed by atoms with E-state index in [0.717, 1.165) is 25.9 Å². The molecular weight excluding hydrogens is 276 g/mol. The first-order valence-electron chi connectivity index (χ1n) is 6.58. The number of nitrogens with one attached hydrogen (secondary N) is 1. The summed E-state index contributed by atoms with van der Waals surface area (Å²) in [6.07, 6.45) is 3.36. The predicted molar refractivity (Wildman–Crippen MR) is 74.4 cm³/mol. The van der Waals surface area contributed by atoms with E-state index in [1.807, 2.05) is 6.07 Å². The van der Waals surface area contributed by atoms with Crippen LogP contribution in [0.5, 0.6) is 0 Å². The maximum atomic E-state index is 12.5. The summed E-state index contributed by atoms with van der Waals surface area (Å²) in [4.78, 5) is 3.80. The van der Waals surface area contributed by atoms with Crippen molar-refractivity contribution >= 4 is 10.0 Å². The van der Waals surface area contributed by atoms with Crippen molar-refractivity contribution in [2.75, 3.05) is 26.7 Å². The van der Waals surface area contributed by atoms with Crippen LogP contribution in [0.2, 0.25) is 0 Å². The first-order chi connectivity index (χ1) is 9.55. The van der Waals surface area contributed by atoms with E-state index in [1.54, 1.807) is 7.05 Å². The van der Waals surface area contributed by atoms with Crippen molar-refractivity contribution in [1.82, 2.24) is 14.6 Å². The van der Waals surface area contributed by atoms with E-state index in [4.69, 9.17) is 5.26 Å². The molecule has 0 aromatic carbocycles. The minimum atomic E-state index is -3.65. The number of hydrogen-bond donors (Lipinski definition) is 1. The first kappa shape index (κ1) is 14.9. The number of hydrogen-bond acceptors (Lipinski definition) is 5. The van der Waals surface area contributed by atoms with Gasteiger partial charge in [-0.1, -0.05) is 0 Å². The highest BCUT2D eigenvalue weighted by molar-refractivity contribution is 7.89. The average Bonchev–Trinajstić information content (AvgIpc) is 2.48. The predicted octanol–water partition coefficient (Wildman–Crippen LogP) is 0.573. The molecule has 0 bridgehead atoms. The Balaban J connectivity index is 2.19. The van der Waals surface area contributed by atoms with Gasteiger partial charge in [-0.3, -0.25) is 0 Å². The standard InChI is InChI=1S/C13H18N4O2S/c1-17(10-11-4-7-15-8-5-11)20(18,19)13-3-2-6-16-12(13)9-14/h2-3,6,11,15H,4-5,7-8,10H2,1H3. The van der Waals surface area contributed by atoms with Crippen molar-refractivity contribution < 1.29 is 8.42 Å². The second-order valence-corrected chi connectivity index (χ2v) is 6.95. The van der Waals surface area contributed by atoms with Crippen LogP contribution in [0, 0.1) is 17.2 Å². The van der Waals surface area contributed by atoms with Crippen molar-refractivity contribution in [3.05, 3.63) is 24.0 Å². The number of pyridine rings is 1. The monoisotopic (exact) mass is 294 g/mol. The largest absolute Gasteiger partial charge is 0.317 e. The van der Waals surface area contributed by atoms with Crippen molar-refractivity contribution in [1.29, 1.82) is 5.26 Å². The second-order valence-electron chi connectivity index (χ2n) is 4.94. The molecule has 1 aliphatic heterocycles. The number of nitriles is 1. The molecule has 0 spiro atoms. The van der Waals surface area contributed by atoms with E-state index >= 15 is 0 Å². The lowest BCUT2D eigenvalue weighted by Crippen LogP contribution is -2.37. The van der Waals surface area contributed by atoms with Gasteiger partial charge in [0.1, 0.15) is 11.0 Å². The van der Waals surface area contributed by atoms with Crippen LogP contribution in [0.15, 0.2) is 23.2 Å². The van der Waals surface area contributed by atoms with Gasteiger partial charge in [-0.05, 0) is 44.0 Å². The Morgan fingerprint density at radius 3 is 2.85 bits per heavy atom. The molecular formula is C13H18N4O2S. The van der Waals surface area contributed by atoms with Gasteiger partial charge >= 0.3 is 0 Å². The van der Waals surface area contributed by atoms with Crippen LogP contribution in [0.3, 0.4) is 0 Å². The maximum Gasteiger partial charge on any atom is 0.245 e. The Bertz CT molecular complexity index is 603. The summed E-state index contributed by atoms with van der Waals surface area (Å²) >= 11 is 0. The fraction of sp³-hybridized carbons (Fsp3) is 0.538. The lowest BCUT2D eigenvalue weighted by atomic mass is 9.98.